The van der Waals surface area contributed by atoms with E-state index in [1.165, 1.54) is 6.07 Å². The van der Waals surface area contributed by atoms with E-state index in [-0.39, 0.29) is 17.5 Å². The Labute approximate surface area is 87.2 Å². The molecule has 4 heteroatoms. The lowest BCUT2D eigenvalue weighted by Gasteiger charge is -2.25. The van der Waals surface area contributed by atoms with E-state index >= 15 is 0 Å². The van der Waals surface area contributed by atoms with E-state index in [1.54, 1.807) is 18.2 Å². The minimum atomic E-state index is -0.407. The third-order valence-corrected chi connectivity index (χ3v) is 2.33. The summed E-state index contributed by atoms with van der Waals surface area (Å²) in [6, 6.07) is 6.14. The molecule has 0 atom stereocenters. The van der Waals surface area contributed by atoms with E-state index in [0.29, 0.717) is 19.6 Å². The van der Waals surface area contributed by atoms with Crippen molar-refractivity contribution in [1.29, 1.82) is 0 Å². The van der Waals surface area contributed by atoms with Crippen molar-refractivity contribution < 1.29 is 13.9 Å². The highest BCUT2D eigenvalue weighted by atomic mass is 19.1. The molecule has 0 spiro atoms. The van der Waals surface area contributed by atoms with Crippen molar-refractivity contribution in [2.45, 2.75) is 6.42 Å². The molecule has 1 saturated heterocycles. The maximum Gasteiger partial charge on any atom is 0.224 e. The van der Waals surface area contributed by atoms with Crippen LogP contribution in [-0.4, -0.2) is 19.1 Å². The van der Waals surface area contributed by atoms with Crippen LogP contribution in [0.5, 0.6) is 0 Å². The third kappa shape index (κ3) is 2.53. The van der Waals surface area contributed by atoms with Gasteiger partial charge in [0.05, 0.1) is 18.9 Å². The molecule has 3 nitrogen and oxygen atoms in total. The van der Waals surface area contributed by atoms with Crippen LogP contribution in [0.3, 0.4) is 0 Å². The summed E-state index contributed by atoms with van der Waals surface area (Å²) in [7, 11) is 0. The highest BCUT2D eigenvalue weighted by Gasteiger charge is 2.21. The number of benzene rings is 1. The van der Waals surface area contributed by atoms with Crippen LogP contribution in [0.4, 0.5) is 10.1 Å². The lowest BCUT2D eigenvalue weighted by molar-refractivity contribution is -0.121. The second kappa shape index (κ2) is 4.40. The van der Waals surface area contributed by atoms with Crippen molar-refractivity contribution in [2.24, 2.45) is 5.92 Å². The van der Waals surface area contributed by atoms with Gasteiger partial charge in [0.15, 0.2) is 0 Å². The number of ether oxygens (including phenoxy) is 1. The quantitative estimate of drug-likeness (QED) is 0.824. The Morgan fingerprint density at radius 1 is 1.47 bits per heavy atom. The fourth-order valence-electron chi connectivity index (χ4n) is 1.43. The van der Waals surface area contributed by atoms with Gasteiger partial charge in [0.25, 0.3) is 0 Å². The van der Waals surface area contributed by atoms with Gasteiger partial charge in [0.1, 0.15) is 5.82 Å². The molecule has 1 fully saturated rings. The fraction of sp³-hybridized carbons (Fsp3) is 0.364. The number of para-hydroxylation sites is 1. The van der Waals surface area contributed by atoms with Crippen LogP contribution in [0.15, 0.2) is 24.3 Å². The summed E-state index contributed by atoms with van der Waals surface area (Å²) in [5, 5.41) is 2.54. The average molecular weight is 209 g/mol. The molecule has 0 aliphatic carbocycles. The molecule has 0 saturated carbocycles. The molecule has 1 amide bonds. The summed E-state index contributed by atoms with van der Waals surface area (Å²) >= 11 is 0. The van der Waals surface area contributed by atoms with Gasteiger partial charge in [-0.3, -0.25) is 4.79 Å². The third-order valence-electron chi connectivity index (χ3n) is 2.33. The predicted molar refractivity (Wildman–Crippen MR) is 54.0 cm³/mol. The second-order valence-corrected chi connectivity index (χ2v) is 3.64. The first-order valence-electron chi connectivity index (χ1n) is 4.88. The molecule has 0 radical (unpaired) electrons. The SMILES string of the molecule is O=C(CC1COC1)Nc1ccccc1F. The molecular weight excluding hydrogens is 197 g/mol. The minimum Gasteiger partial charge on any atom is -0.381 e. The monoisotopic (exact) mass is 209 g/mol. The van der Waals surface area contributed by atoms with Gasteiger partial charge >= 0.3 is 0 Å². The lowest BCUT2D eigenvalue weighted by atomic mass is 10.0. The minimum absolute atomic E-state index is 0.159. The van der Waals surface area contributed by atoms with E-state index in [0.717, 1.165) is 0 Å². The molecule has 2 rings (SSSR count). The molecule has 1 heterocycles. The van der Waals surface area contributed by atoms with Gasteiger partial charge in [-0.25, -0.2) is 4.39 Å². The first-order valence-corrected chi connectivity index (χ1v) is 4.88. The van der Waals surface area contributed by atoms with Crippen LogP contribution in [0.25, 0.3) is 0 Å². The largest absolute Gasteiger partial charge is 0.381 e. The molecule has 1 aliphatic rings. The number of hydrogen-bond acceptors (Lipinski definition) is 2. The van der Waals surface area contributed by atoms with Crippen LogP contribution in [0.1, 0.15) is 6.42 Å². The summed E-state index contributed by atoms with van der Waals surface area (Å²) in [5.74, 6) is -0.277. The molecule has 1 N–H and O–H groups in total. The van der Waals surface area contributed by atoms with Crippen molar-refractivity contribution in [1.82, 2.24) is 0 Å². The van der Waals surface area contributed by atoms with Crippen molar-refractivity contribution >= 4 is 11.6 Å². The number of nitrogens with one attached hydrogen (secondary N) is 1. The number of carbonyl (C=O) groups is 1. The van der Waals surface area contributed by atoms with E-state index in [4.69, 9.17) is 4.74 Å². The van der Waals surface area contributed by atoms with Gasteiger partial charge in [-0.2, -0.15) is 0 Å². The van der Waals surface area contributed by atoms with Crippen LogP contribution in [-0.2, 0) is 9.53 Å². The zero-order valence-electron chi connectivity index (χ0n) is 8.20. The summed E-state index contributed by atoms with van der Waals surface area (Å²) in [6.45, 7) is 1.26. The second-order valence-electron chi connectivity index (χ2n) is 3.64. The average Bonchev–Trinajstić information content (AvgIpc) is 2.16. The lowest BCUT2D eigenvalue weighted by Crippen LogP contribution is -2.31. The molecule has 1 aliphatic heterocycles. The highest BCUT2D eigenvalue weighted by Crippen LogP contribution is 2.17. The Balaban J connectivity index is 1.90. The fourth-order valence-corrected chi connectivity index (χ4v) is 1.43. The summed E-state index contributed by atoms with van der Waals surface area (Å²) in [4.78, 5) is 11.4. The van der Waals surface area contributed by atoms with Crippen molar-refractivity contribution in [2.75, 3.05) is 18.5 Å². The Morgan fingerprint density at radius 3 is 2.80 bits per heavy atom. The van der Waals surface area contributed by atoms with E-state index in [2.05, 4.69) is 5.32 Å². The Bertz CT molecular complexity index is 363. The Hall–Kier alpha value is -1.42. The smallest absolute Gasteiger partial charge is 0.224 e. The maximum absolute atomic E-state index is 13.1. The van der Waals surface area contributed by atoms with Crippen LogP contribution >= 0.6 is 0 Å². The molecule has 15 heavy (non-hydrogen) atoms. The summed E-state index contributed by atoms with van der Waals surface area (Å²) in [5.41, 5.74) is 0.239. The van der Waals surface area contributed by atoms with Gasteiger partial charge in [0.2, 0.25) is 5.91 Å². The zero-order valence-corrected chi connectivity index (χ0v) is 8.20. The normalized spacial score (nSPS) is 15.8. The predicted octanol–water partition coefficient (Wildman–Crippen LogP) is 1.80. The zero-order chi connectivity index (χ0) is 10.7. The maximum atomic E-state index is 13.1. The number of rotatable bonds is 3. The number of anilines is 1. The first kappa shape index (κ1) is 10.1. The topological polar surface area (TPSA) is 38.3 Å². The van der Waals surface area contributed by atoms with Gasteiger partial charge in [0, 0.05) is 12.3 Å². The number of hydrogen-bond donors (Lipinski definition) is 1. The molecule has 0 aromatic heterocycles. The molecule has 80 valence electrons. The molecule has 0 unspecified atom stereocenters. The van der Waals surface area contributed by atoms with Crippen LogP contribution < -0.4 is 5.32 Å². The summed E-state index contributed by atoms with van der Waals surface area (Å²) < 4.78 is 18.1. The van der Waals surface area contributed by atoms with Crippen LogP contribution in [0.2, 0.25) is 0 Å². The Morgan fingerprint density at radius 2 is 2.20 bits per heavy atom. The van der Waals surface area contributed by atoms with Crippen molar-refractivity contribution in [3.05, 3.63) is 30.1 Å². The molecule has 1 aromatic carbocycles. The number of carbonyl (C=O) groups excluding carboxylic acids is 1. The van der Waals surface area contributed by atoms with Gasteiger partial charge < -0.3 is 10.1 Å². The Kier molecular flexibility index (Phi) is 2.97. The van der Waals surface area contributed by atoms with Gasteiger partial charge in [-0.05, 0) is 12.1 Å². The van der Waals surface area contributed by atoms with Crippen molar-refractivity contribution in [3.8, 4) is 0 Å². The first-order chi connectivity index (χ1) is 7.25. The van der Waals surface area contributed by atoms with Crippen molar-refractivity contribution in [3.63, 3.8) is 0 Å². The number of halogens is 1. The number of amides is 1. The molecule has 0 bridgehead atoms. The van der Waals surface area contributed by atoms with Gasteiger partial charge in [-0.1, -0.05) is 12.1 Å². The molecule has 1 aromatic rings. The van der Waals surface area contributed by atoms with Gasteiger partial charge in [-0.15, -0.1) is 0 Å². The van der Waals surface area contributed by atoms with E-state index in [9.17, 15) is 9.18 Å². The summed E-state index contributed by atoms with van der Waals surface area (Å²) in [6.07, 6.45) is 0.397. The van der Waals surface area contributed by atoms with Crippen LogP contribution in [0, 0.1) is 11.7 Å². The molecular formula is C11H12FNO2. The van der Waals surface area contributed by atoms with E-state index in [1.807, 2.05) is 0 Å². The van der Waals surface area contributed by atoms with E-state index < -0.39 is 5.82 Å². The standard InChI is InChI=1S/C11H12FNO2/c12-9-3-1-2-4-10(9)13-11(14)5-8-6-15-7-8/h1-4,8H,5-7H2,(H,13,14). The highest BCUT2D eigenvalue weighted by molar-refractivity contribution is 5.91.